The minimum Gasteiger partial charge on any atom is -0.361 e. The molecule has 1 N–H and O–H groups in total. The van der Waals surface area contributed by atoms with Gasteiger partial charge >= 0.3 is 0 Å². The summed E-state index contributed by atoms with van der Waals surface area (Å²) in [4.78, 5) is 15.2. The maximum absolute atomic E-state index is 4.69. The lowest BCUT2D eigenvalue weighted by Crippen LogP contribution is -2.45. The van der Waals surface area contributed by atoms with E-state index >= 15 is 0 Å². The average molecular weight is 332 g/mol. The average Bonchev–Trinajstić information content (AvgIpc) is 3.13. The van der Waals surface area contributed by atoms with E-state index in [0.717, 1.165) is 29.6 Å². The summed E-state index contributed by atoms with van der Waals surface area (Å²) in [6.07, 6.45) is 11.1. The number of rotatable bonds is 3. The summed E-state index contributed by atoms with van der Waals surface area (Å²) >= 11 is 0. The van der Waals surface area contributed by atoms with E-state index in [1.54, 1.807) is 0 Å². The van der Waals surface area contributed by atoms with Crippen molar-refractivity contribution in [3.63, 3.8) is 0 Å². The molecule has 2 aliphatic rings. The Hall–Kier alpha value is -2.20. The number of hydrogen-bond acceptors (Lipinski definition) is 3. The smallest absolute Gasteiger partial charge is 0.128 e. The van der Waals surface area contributed by atoms with Crippen molar-refractivity contribution in [1.82, 2.24) is 19.9 Å². The number of aromatic amines is 1. The molecule has 0 amide bonds. The molecule has 5 rings (SSSR count). The zero-order valence-corrected chi connectivity index (χ0v) is 14.5. The SMILES string of the molecule is c1cc2cc(-c3cnc(CC4CCN5CCCC4C5)nc3)ccc2[nH]1. The van der Waals surface area contributed by atoms with Crippen LogP contribution in [0.25, 0.3) is 22.0 Å². The quantitative estimate of drug-likeness (QED) is 0.791. The Balaban J connectivity index is 1.32. The molecule has 2 bridgehead atoms. The van der Waals surface area contributed by atoms with Gasteiger partial charge in [0.05, 0.1) is 0 Å². The molecule has 4 nitrogen and oxygen atoms in total. The van der Waals surface area contributed by atoms with E-state index in [-0.39, 0.29) is 0 Å². The summed E-state index contributed by atoms with van der Waals surface area (Å²) in [5.41, 5.74) is 3.44. The number of piperidine rings is 2. The monoisotopic (exact) mass is 332 g/mol. The van der Waals surface area contributed by atoms with Gasteiger partial charge in [-0.05, 0) is 73.3 Å². The standard InChI is InChI=1S/C21H24N4/c1-2-18-14-25(8-1)9-6-16(18)11-21-23-12-19(13-24-21)15-3-4-20-17(10-15)5-7-22-20/h3-5,7,10,12-13,16,18,22H,1-2,6,8-9,11,14H2. The zero-order chi connectivity index (χ0) is 16.6. The number of fused-ring (bicyclic) bond motifs is 3. The minimum atomic E-state index is 0.763. The molecule has 25 heavy (non-hydrogen) atoms. The fraction of sp³-hybridized carbons (Fsp3) is 0.429. The first-order chi connectivity index (χ1) is 12.3. The van der Waals surface area contributed by atoms with E-state index in [2.05, 4.69) is 34.1 Å². The van der Waals surface area contributed by atoms with Crippen LogP contribution in [0.3, 0.4) is 0 Å². The molecule has 3 unspecified atom stereocenters. The van der Waals surface area contributed by atoms with Crippen LogP contribution in [0.1, 0.15) is 25.1 Å². The molecule has 2 fully saturated rings. The molecule has 2 aliphatic heterocycles. The molecule has 0 aliphatic carbocycles. The molecular formula is C21H24N4. The van der Waals surface area contributed by atoms with Gasteiger partial charge in [-0.2, -0.15) is 0 Å². The molecule has 1 aromatic carbocycles. The zero-order valence-electron chi connectivity index (χ0n) is 14.5. The molecular weight excluding hydrogens is 308 g/mol. The van der Waals surface area contributed by atoms with Crippen LogP contribution in [-0.4, -0.2) is 39.5 Å². The van der Waals surface area contributed by atoms with Crippen molar-refractivity contribution < 1.29 is 0 Å². The van der Waals surface area contributed by atoms with Gasteiger partial charge in [0.15, 0.2) is 0 Å². The summed E-state index contributed by atoms with van der Waals surface area (Å²) in [5, 5.41) is 1.23. The van der Waals surface area contributed by atoms with E-state index in [1.807, 2.05) is 18.6 Å². The third-order valence-corrected chi connectivity index (χ3v) is 6.06. The van der Waals surface area contributed by atoms with Crippen LogP contribution in [0.5, 0.6) is 0 Å². The maximum atomic E-state index is 4.69. The summed E-state index contributed by atoms with van der Waals surface area (Å²) in [7, 11) is 0. The Kier molecular flexibility index (Phi) is 3.78. The lowest BCUT2D eigenvalue weighted by molar-refractivity contribution is 0.0731. The largest absolute Gasteiger partial charge is 0.361 e. The number of aromatic nitrogens is 3. The van der Waals surface area contributed by atoms with E-state index in [4.69, 9.17) is 9.97 Å². The van der Waals surface area contributed by atoms with Gasteiger partial charge in [-0.1, -0.05) is 6.07 Å². The Morgan fingerprint density at radius 1 is 1.04 bits per heavy atom. The lowest BCUT2D eigenvalue weighted by Gasteiger charge is -2.42. The van der Waals surface area contributed by atoms with Crippen LogP contribution in [-0.2, 0) is 6.42 Å². The lowest BCUT2D eigenvalue weighted by atomic mass is 9.78. The van der Waals surface area contributed by atoms with Crippen LogP contribution in [0.2, 0.25) is 0 Å². The highest BCUT2D eigenvalue weighted by Crippen LogP contribution is 2.33. The molecule has 128 valence electrons. The van der Waals surface area contributed by atoms with Crippen LogP contribution >= 0.6 is 0 Å². The minimum absolute atomic E-state index is 0.763. The fourth-order valence-electron chi connectivity index (χ4n) is 4.61. The summed E-state index contributed by atoms with van der Waals surface area (Å²) in [5.74, 6) is 2.62. The number of nitrogens with one attached hydrogen (secondary N) is 1. The van der Waals surface area contributed by atoms with Gasteiger partial charge in [0.1, 0.15) is 5.82 Å². The topological polar surface area (TPSA) is 44.8 Å². The van der Waals surface area contributed by atoms with Gasteiger partial charge < -0.3 is 9.88 Å². The number of H-pyrrole nitrogens is 1. The van der Waals surface area contributed by atoms with Crippen LogP contribution in [0.4, 0.5) is 0 Å². The van der Waals surface area contributed by atoms with Crippen LogP contribution < -0.4 is 0 Å². The Labute approximate surface area is 148 Å². The predicted octanol–water partition coefficient (Wildman–Crippen LogP) is 3.90. The first-order valence-corrected chi connectivity index (χ1v) is 9.46. The van der Waals surface area contributed by atoms with Crippen molar-refractivity contribution in [2.75, 3.05) is 19.6 Å². The van der Waals surface area contributed by atoms with Crippen LogP contribution in [0.15, 0.2) is 42.9 Å². The Bertz CT molecular complexity index is 867. The van der Waals surface area contributed by atoms with Gasteiger partial charge in [0.2, 0.25) is 0 Å². The van der Waals surface area contributed by atoms with Crippen molar-refractivity contribution in [3.05, 3.63) is 48.7 Å². The molecule has 3 atom stereocenters. The number of benzene rings is 1. The molecule has 3 aromatic rings. The second kappa shape index (κ2) is 6.26. The van der Waals surface area contributed by atoms with Crippen molar-refractivity contribution in [2.45, 2.75) is 25.7 Å². The Morgan fingerprint density at radius 2 is 1.96 bits per heavy atom. The van der Waals surface area contributed by atoms with Gasteiger partial charge in [-0.15, -0.1) is 0 Å². The third kappa shape index (κ3) is 2.95. The third-order valence-electron chi connectivity index (χ3n) is 6.06. The predicted molar refractivity (Wildman–Crippen MR) is 100 cm³/mol. The first kappa shape index (κ1) is 15.1. The van der Waals surface area contributed by atoms with Gasteiger partial charge in [0.25, 0.3) is 0 Å². The van der Waals surface area contributed by atoms with Crippen molar-refractivity contribution in [3.8, 4) is 11.1 Å². The highest BCUT2D eigenvalue weighted by Gasteiger charge is 2.32. The van der Waals surface area contributed by atoms with Crippen molar-refractivity contribution in [2.24, 2.45) is 11.8 Å². The van der Waals surface area contributed by atoms with Crippen LogP contribution in [0, 0.1) is 11.8 Å². The fourth-order valence-corrected chi connectivity index (χ4v) is 4.61. The molecule has 0 saturated carbocycles. The first-order valence-electron chi connectivity index (χ1n) is 9.46. The number of hydrogen-bond donors (Lipinski definition) is 1. The van der Waals surface area contributed by atoms with Crippen molar-refractivity contribution in [1.29, 1.82) is 0 Å². The van der Waals surface area contributed by atoms with Gasteiger partial charge in [-0.25, -0.2) is 9.97 Å². The normalized spacial score (nSPS) is 26.0. The molecule has 0 radical (unpaired) electrons. The summed E-state index contributed by atoms with van der Waals surface area (Å²) < 4.78 is 0. The maximum Gasteiger partial charge on any atom is 0.128 e. The second-order valence-corrected chi connectivity index (χ2v) is 7.62. The van der Waals surface area contributed by atoms with Gasteiger partial charge in [0, 0.05) is 42.6 Å². The van der Waals surface area contributed by atoms with Crippen molar-refractivity contribution >= 4 is 10.9 Å². The summed E-state index contributed by atoms with van der Waals surface area (Å²) in [6, 6.07) is 8.55. The molecule has 0 spiro atoms. The number of nitrogens with zero attached hydrogens (tertiary/aromatic N) is 3. The Morgan fingerprint density at radius 3 is 2.88 bits per heavy atom. The van der Waals surface area contributed by atoms with E-state index in [0.29, 0.717) is 0 Å². The molecule has 2 saturated heterocycles. The van der Waals surface area contributed by atoms with E-state index in [9.17, 15) is 0 Å². The molecule has 4 heteroatoms. The van der Waals surface area contributed by atoms with E-state index < -0.39 is 0 Å². The van der Waals surface area contributed by atoms with Gasteiger partial charge in [-0.3, -0.25) is 0 Å². The summed E-state index contributed by atoms with van der Waals surface area (Å²) in [6.45, 7) is 3.86. The highest BCUT2D eigenvalue weighted by atomic mass is 15.1. The second-order valence-electron chi connectivity index (χ2n) is 7.62. The van der Waals surface area contributed by atoms with E-state index in [1.165, 1.54) is 55.4 Å². The molecule has 4 heterocycles. The molecule has 2 aromatic heterocycles. The highest BCUT2D eigenvalue weighted by molar-refractivity contribution is 5.84.